The molecule has 0 aliphatic carbocycles. The summed E-state index contributed by atoms with van der Waals surface area (Å²) in [6.45, 7) is 4.84. The van der Waals surface area contributed by atoms with Crippen molar-refractivity contribution in [3.8, 4) is 0 Å². The van der Waals surface area contributed by atoms with Crippen molar-refractivity contribution in [1.29, 1.82) is 0 Å². The van der Waals surface area contributed by atoms with Crippen molar-refractivity contribution in [2.75, 3.05) is 32.7 Å². The number of benzene rings is 1. The Balaban J connectivity index is 2.30. The highest BCUT2D eigenvalue weighted by Crippen LogP contribution is 2.28. The molecule has 0 radical (unpaired) electrons. The number of likely N-dealkylation sites (N-methyl/N-ethyl adjacent to an activating group) is 1. The van der Waals surface area contributed by atoms with Gasteiger partial charge in [0.05, 0.1) is 4.90 Å². The highest BCUT2D eigenvalue weighted by molar-refractivity contribution is 9.10. The van der Waals surface area contributed by atoms with Gasteiger partial charge in [-0.1, -0.05) is 6.92 Å². The van der Waals surface area contributed by atoms with Gasteiger partial charge in [0.15, 0.2) is 11.6 Å². The molecule has 0 aromatic heterocycles. The van der Waals surface area contributed by atoms with Crippen molar-refractivity contribution in [1.82, 2.24) is 9.21 Å². The van der Waals surface area contributed by atoms with Crippen LogP contribution in [0, 0.1) is 11.6 Å². The van der Waals surface area contributed by atoms with E-state index in [1.54, 1.807) is 0 Å². The Hall–Kier alpha value is -0.570. The van der Waals surface area contributed by atoms with Gasteiger partial charge in [-0.25, -0.2) is 17.2 Å². The zero-order valence-corrected chi connectivity index (χ0v) is 13.3. The summed E-state index contributed by atoms with van der Waals surface area (Å²) in [5, 5.41) is 0. The SMILES string of the molecule is CCN1CCN(S(=O)(=O)c2cc(F)c(F)cc2Br)CC1. The molecule has 0 atom stereocenters. The third kappa shape index (κ3) is 3.03. The molecular weight excluding hydrogens is 354 g/mol. The summed E-state index contributed by atoms with van der Waals surface area (Å²) in [7, 11) is -3.81. The highest BCUT2D eigenvalue weighted by atomic mass is 79.9. The first kappa shape index (κ1) is 15.8. The van der Waals surface area contributed by atoms with E-state index in [2.05, 4.69) is 20.8 Å². The molecule has 0 saturated carbocycles. The lowest BCUT2D eigenvalue weighted by Crippen LogP contribution is -2.48. The molecule has 20 heavy (non-hydrogen) atoms. The third-order valence-corrected chi connectivity index (χ3v) is 6.23. The van der Waals surface area contributed by atoms with Gasteiger partial charge in [-0.05, 0) is 34.6 Å². The Bertz CT molecular complexity index is 602. The fourth-order valence-corrected chi connectivity index (χ4v) is 4.54. The summed E-state index contributed by atoms with van der Waals surface area (Å²) in [5.41, 5.74) is 0. The van der Waals surface area contributed by atoms with Crippen LogP contribution < -0.4 is 0 Å². The van der Waals surface area contributed by atoms with E-state index in [4.69, 9.17) is 0 Å². The Labute approximate surface area is 125 Å². The van der Waals surface area contributed by atoms with E-state index in [1.165, 1.54) is 4.31 Å². The molecule has 1 fully saturated rings. The lowest BCUT2D eigenvalue weighted by Gasteiger charge is -2.33. The summed E-state index contributed by atoms with van der Waals surface area (Å²) in [5.74, 6) is -2.24. The molecule has 112 valence electrons. The van der Waals surface area contributed by atoms with Gasteiger partial charge in [-0.15, -0.1) is 0 Å². The van der Waals surface area contributed by atoms with Crippen molar-refractivity contribution in [2.24, 2.45) is 0 Å². The zero-order valence-electron chi connectivity index (χ0n) is 10.9. The summed E-state index contributed by atoms with van der Waals surface area (Å²) in [6, 6.07) is 1.56. The first-order chi connectivity index (χ1) is 9.36. The summed E-state index contributed by atoms with van der Waals surface area (Å²) in [6.07, 6.45) is 0. The summed E-state index contributed by atoms with van der Waals surface area (Å²) in [4.78, 5) is 1.90. The molecule has 2 rings (SSSR count). The fourth-order valence-electron chi connectivity index (χ4n) is 2.13. The maximum atomic E-state index is 13.3. The fraction of sp³-hybridized carbons (Fsp3) is 0.500. The van der Waals surface area contributed by atoms with Gasteiger partial charge in [0.1, 0.15) is 0 Å². The van der Waals surface area contributed by atoms with E-state index in [0.29, 0.717) is 26.2 Å². The predicted octanol–water partition coefficient (Wildman–Crippen LogP) is 2.05. The molecule has 0 amide bonds. The van der Waals surface area contributed by atoms with Crippen LogP contribution in [0.1, 0.15) is 6.92 Å². The van der Waals surface area contributed by atoms with Gasteiger partial charge < -0.3 is 4.90 Å². The molecule has 8 heteroatoms. The van der Waals surface area contributed by atoms with Crippen LogP contribution in [0.2, 0.25) is 0 Å². The van der Waals surface area contributed by atoms with Crippen LogP contribution in [-0.2, 0) is 10.0 Å². The first-order valence-corrected chi connectivity index (χ1v) is 8.46. The van der Waals surface area contributed by atoms with Crippen LogP contribution in [0.15, 0.2) is 21.5 Å². The van der Waals surface area contributed by atoms with Gasteiger partial charge in [0.25, 0.3) is 0 Å². The summed E-state index contributed by atoms with van der Waals surface area (Å²) >= 11 is 2.99. The lowest BCUT2D eigenvalue weighted by atomic mass is 10.3. The molecule has 4 nitrogen and oxygen atoms in total. The normalized spacial score (nSPS) is 18.4. The Morgan fingerprint density at radius 2 is 1.70 bits per heavy atom. The average Bonchev–Trinajstić information content (AvgIpc) is 2.42. The van der Waals surface area contributed by atoms with Crippen LogP contribution in [0.25, 0.3) is 0 Å². The first-order valence-electron chi connectivity index (χ1n) is 6.23. The van der Waals surface area contributed by atoms with E-state index in [0.717, 1.165) is 18.7 Å². The second-order valence-corrected chi connectivity index (χ2v) is 7.30. The molecular formula is C12H15BrF2N2O2S. The summed E-state index contributed by atoms with van der Waals surface area (Å²) < 4.78 is 52.6. The van der Waals surface area contributed by atoms with E-state index in [9.17, 15) is 17.2 Å². The topological polar surface area (TPSA) is 40.6 Å². The maximum Gasteiger partial charge on any atom is 0.244 e. The minimum atomic E-state index is -3.81. The van der Waals surface area contributed by atoms with Crippen LogP contribution in [0.3, 0.4) is 0 Å². The van der Waals surface area contributed by atoms with Crippen molar-refractivity contribution < 1.29 is 17.2 Å². The van der Waals surface area contributed by atoms with Crippen molar-refractivity contribution in [3.63, 3.8) is 0 Å². The average molecular weight is 369 g/mol. The van der Waals surface area contributed by atoms with Gasteiger partial charge >= 0.3 is 0 Å². The molecule has 1 aliphatic rings. The highest BCUT2D eigenvalue weighted by Gasteiger charge is 2.30. The van der Waals surface area contributed by atoms with Crippen molar-refractivity contribution >= 4 is 26.0 Å². The monoisotopic (exact) mass is 368 g/mol. The van der Waals surface area contributed by atoms with E-state index < -0.39 is 21.7 Å². The molecule has 1 aromatic rings. The van der Waals surface area contributed by atoms with E-state index in [-0.39, 0.29) is 9.37 Å². The molecule has 1 saturated heterocycles. The minimum Gasteiger partial charge on any atom is -0.301 e. The van der Waals surface area contributed by atoms with Gasteiger partial charge in [-0.3, -0.25) is 0 Å². The number of piperazine rings is 1. The Kier molecular flexibility index (Phi) is 4.78. The molecule has 1 heterocycles. The molecule has 0 N–H and O–H groups in total. The Morgan fingerprint density at radius 3 is 2.25 bits per heavy atom. The van der Waals surface area contributed by atoms with E-state index >= 15 is 0 Å². The largest absolute Gasteiger partial charge is 0.301 e. The zero-order chi connectivity index (χ0) is 14.9. The lowest BCUT2D eigenvalue weighted by molar-refractivity contribution is 0.196. The maximum absolute atomic E-state index is 13.3. The molecule has 1 aliphatic heterocycles. The number of sulfonamides is 1. The minimum absolute atomic E-state index is 0.0364. The second-order valence-electron chi connectivity index (χ2n) is 4.54. The van der Waals surface area contributed by atoms with Gasteiger partial charge in [0.2, 0.25) is 10.0 Å². The number of nitrogens with zero attached hydrogens (tertiary/aromatic N) is 2. The number of halogens is 3. The molecule has 0 spiro atoms. The second kappa shape index (κ2) is 6.05. The Morgan fingerprint density at radius 1 is 1.15 bits per heavy atom. The standard InChI is InChI=1S/C12H15BrF2N2O2S/c1-2-16-3-5-17(6-4-16)20(18,19)12-8-11(15)10(14)7-9(12)13/h7-8H,2-6H2,1H3. The van der Waals surface area contributed by atoms with Crippen LogP contribution >= 0.6 is 15.9 Å². The predicted molar refractivity (Wildman–Crippen MR) is 74.9 cm³/mol. The quantitative estimate of drug-likeness (QED) is 0.766. The third-order valence-electron chi connectivity index (χ3n) is 3.37. The van der Waals surface area contributed by atoms with Crippen LogP contribution in [-0.4, -0.2) is 50.3 Å². The number of hydrogen-bond acceptors (Lipinski definition) is 3. The number of rotatable bonds is 3. The van der Waals surface area contributed by atoms with Crippen LogP contribution in [0.5, 0.6) is 0 Å². The smallest absolute Gasteiger partial charge is 0.244 e. The van der Waals surface area contributed by atoms with Crippen molar-refractivity contribution in [3.05, 3.63) is 28.2 Å². The molecule has 0 unspecified atom stereocenters. The van der Waals surface area contributed by atoms with Gasteiger partial charge in [0, 0.05) is 30.7 Å². The molecule has 1 aromatic carbocycles. The molecule has 0 bridgehead atoms. The number of hydrogen-bond donors (Lipinski definition) is 0. The van der Waals surface area contributed by atoms with Gasteiger partial charge in [-0.2, -0.15) is 4.31 Å². The van der Waals surface area contributed by atoms with Crippen molar-refractivity contribution in [2.45, 2.75) is 11.8 Å². The van der Waals surface area contributed by atoms with Crippen LogP contribution in [0.4, 0.5) is 8.78 Å². The van der Waals surface area contributed by atoms with E-state index in [1.807, 2.05) is 6.92 Å².